The Bertz CT molecular complexity index is 1050. The topological polar surface area (TPSA) is 122 Å². The fourth-order valence-electron chi connectivity index (χ4n) is 4.00. The summed E-state index contributed by atoms with van der Waals surface area (Å²) in [4.78, 5) is 6.01. The highest BCUT2D eigenvalue weighted by atomic mass is 16.3. The molecule has 0 amide bonds. The van der Waals surface area contributed by atoms with E-state index in [1.54, 1.807) is 17.0 Å². The second kappa shape index (κ2) is 10.0. The number of nitriles is 1. The third-order valence-electron chi connectivity index (χ3n) is 5.81. The number of aromatic hydroxyl groups is 1. The Balaban J connectivity index is 1.74. The molecule has 1 aromatic carbocycles. The molecule has 1 aromatic heterocycles. The van der Waals surface area contributed by atoms with Gasteiger partial charge in [0.1, 0.15) is 5.75 Å². The molecule has 1 aliphatic heterocycles. The van der Waals surface area contributed by atoms with Gasteiger partial charge >= 0.3 is 0 Å². The Morgan fingerprint density at radius 3 is 2.62 bits per heavy atom. The van der Waals surface area contributed by atoms with Gasteiger partial charge in [-0.15, -0.1) is 0 Å². The van der Waals surface area contributed by atoms with Crippen LogP contribution in [-0.2, 0) is 6.42 Å². The maximum Gasteiger partial charge on any atom is 0.179 e. The largest absolute Gasteiger partial charge is 0.506 e. The van der Waals surface area contributed by atoms with Crippen LogP contribution in [0.3, 0.4) is 0 Å². The van der Waals surface area contributed by atoms with Crippen LogP contribution in [0.1, 0.15) is 43.5 Å². The average Bonchev–Trinajstić information content (AvgIpc) is 2.77. The van der Waals surface area contributed by atoms with E-state index < -0.39 is 0 Å². The zero-order valence-electron chi connectivity index (χ0n) is 18.6. The molecular weight excluding hydrogens is 400 g/mol. The molecule has 166 valence electrons. The van der Waals surface area contributed by atoms with Crippen LogP contribution in [0, 0.1) is 16.9 Å². The Labute approximate surface area is 189 Å². The van der Waals surface area contributed by atoms with Crippen LogP contribution in [0.25, 0.3) is 0 Å². The number of aromatic nitrogens is 1. The molecule has 7 heteroatoms. The number of nitrogens with one attached hydrogen (secondary N) is 2. The lowest BCUT2D eigenvalue weighted by Crippen LogP contribution is -2.47. The molecular formula is C25H30N6O. The zero-order valence-corrected chi connectivity index (χ0v) is 18.6. The normalized spacial score (nSPS) is 19.0. The summed E-state index contributed by atoms with van der Waals surface area (Å²) in [5, 5.41) is 30.9. The molecule has 0 radical (unpaired) electrons. The van der Waals surface area contributed by atoms with Gasteiger partial charge < -0.3 is 21.1 Å². The Hall–Kier alpha value is -3.79. The van der Waals surface area contributed by atoms with Crippen molar-refractivity contribution < 1.29 is 5.11 Å². The minimum atomic E-state index is 0.119. The third-order valence-corrected chi connectivity index (χ3v) is 5.81. The number of pyridine rings is 1. The quantitative estimate of drug-likeness (QED) is 0.303. The first-order valence-electron chi connectivity index (χ1n) is 10.7. The molecule has 0 bridgehead atoms. The van der Waals surface area contributed by atoms with E-state index in [0.29, 0.717) is 29.9 Å². The van der Waals surface area contributed by atoms with E-state index >= 15 is 0 Å². The number of rotatable bonds is 7. The first kappa shape index (κ1) is 22.9. The van der Waals surface area contributed by atoms with Crippen molar-refractivity contribution in [3.05, 3.63) is 83.0 Å². The summed E-state index contributed by atoms with van der Waals surface area (Å²) in [6, 6.07) is 11.5. The molecule has 2 atom stereocenters. The van der Waals surface area contributed by atoms with E-state index in [1.807, 2.05) is 31.2 Å². The van der Waals surface area contributed by atoms with Crippen molar-refractivity contribution in [1.82, 2.24) is 15.2 Å². The molecule has 5 N–H and O–H groups in total. The lowest BCUT2D eigenvalue weighted by atomic mass is 9.95. The molecule has 1 aliphatic rings. The molecule has 32 heavy (non-hydrogen) atoms. The predicted molar refractivity (Wildman–Crippen MR) is 126 cm³/mol. The third kappa shape index (κ3) is 5.46. The van der Waals surface area contributed by atoms with Crippen LogP contribution in [-0.4, -0.2) is 39.3 Å². The standard InChI is InChI=1S/C25H30N6O/c1-16-4-9-22(14-31(16)15-26)30-18(3)24(17(2)27)25(28)20-7-5-19(6-8-20)12-21-10-11-23(32)13-29-21/h5-8,10-11,13,16,22,28,30,32H,2,4,9,12,14,27H2,1,3H3/b24-18-,28-25?. The minimum absolute atomic E-state index is 0.119. The zero-order chi connectivity index (χ0) is 23.3. The molecule has 2 heterocycles. The number of hydrogen-bond acceptors (Lipinski definition) is 7. The number of allylic oxidation sites excluding steroid dienone is 2. The Morgan fingerprint density at radius 1 is 1.31 bits per heavy atom. The summed E-state index contributed by atoms with van der Waals surface area (Å²) in [5.74, 6) is 0.144. The van der Waals surface area contributed by atoms with E-state index in [2.05, 4.69) is 30.0 Å². The maximum atomic E-state index is 9.37. The minimum Gasteiger partial charge on any atom is -0.506 e. The molecule has 1 saturated heterocycles. The molecule has 3 rings (SSSR count). The second-order valence-corrected chi connectivity index (χ2v) is 8.30. The van der Waals surface area contributed by atoms with Crippen molar-refractivity contribution in [3.8, 4) is 11.9 Å². The lowest BCUT2D eigenvalue weighted by molar-refractivity contribution is 0.204. The van der Waals surface area contributed by atoms with Crippen molar-refractivity contribution in [2.24, 2.45) is 5.73 Å². The van der Waals surface area contributed by atoms with Crippen LogP contribution in [0.4, 0.5) is 0 Å². The molecule has 2 unspecified atom stereocenters. The number of likely N-dealkylation sites (tertiary alicyclic amines) is 1. The average molecular weight is 431 g/mol. The summed E-state index contributed by atoms with van der Waals surface area (Å²) < 4.78 is 0. The molecule has 1 fully saturated rings. The predicted octanol–water partition coefficient (Wildman–Crippen LogP) is 3.42. The van der Waals surface area contributed by atoms with Gasteiger partial charge in [0, 0.05) is 53.3 Å². The van der Waals surface area contributed by atoms with E-state index in [4.69, 9.17) is 11.1 Å². The fraction of sp³-hybridized carbons (Fsp3) is 0.320. The number of benzene rings is 1. The SMILES string of the molecule is C=C(N)/C(C(=N)c1ccc(Cc2ccc(O)cn2)cc1)=C(\C)NC1CCC(C)N(C#N)C1. The summed E-state index contributed by atoms with van der Waals surface area (Å²) in [7, 11) is 0. The van der Waals surface area contributed by atoms with Gasteiger partial charge in [-0.3, -0.25) is 10.4 Å². The van der Waals surface area contributed by atoms with E-state index in [9.17, 15) is 10.4 Å². The highest BCUT2D eigenvalue weighted by Gasteiger charge is 2.25. The van der Waals surface area contributed by atoms with Crippen molar-refractivity contribution in [1.29, 1.82) is 10.7 Å². The first-order chi connectivity index (χ1) is 15.3. The van der Waals surface area contributed by atoms with Gasteiger partial charge in [0.05, 0.1) is 11.9 Å². The van der Waals surface area contributed by atoms with Gasteiger partial charge in [0.2, 0.25) is 0 Å². The van der Waals surface area contributed by atoms with Gasteiger partial charge in [-0.25, -0.2) is 0 Å². The number of nitrogens with two attached hydrogens (primary N) is 1. The van der Waals surface area contributed by atoms with Gasteiger partial charge in [-0.2, -0.15) is 5.26 Å². The highest BCUT2D eigenvalue weighted by molar-refractivity contribution is 6.13. The number of nitrogens with zero attached hydrogens (tertiary/aromatic N) is 3. The van der Waals surface area contributed by atoms with E-state index in [-0.39, 0.29) is 17.8 Å². The van der Waals surface area contributed by atoms with Crippen LogP contribution >= 0.6 is 0 Å². The summed E-state index contributed by atoms with van der Waals surface area (Å²) in [5.41, 5.74) is 10.7. The molecule has 0 aliphatic carbocycles. The van der Waals surface area contributed by atoms with Crippen molar-refractivity contribution in [2.75, 3.05) is 6.54 Å². The molecule has 0 saturated carbocycles. The molecule has 7 nitrogen and oxygen atoms in total. The van der Waals surface area contributed by atoms with Gasteiger partial charge in [0.15, 0.2) is 6.19 Å². The van der Waals surface area contributed by atoms with Crippen molar-refractivity contribution in [2.45, 2.75) is 45.2 Å². The highest BCUT2D eigenvalue weighted by Crippen LogP contribution is 2.21. The summed E-state index contributed by atoms with van der Waals surface area (Å²) >= 11 is 0. The van der Waals surface area contributed by atoms with Crippen LogP contribution in [0.5, 0.6) is 5.75 Å². The van der Waals surface area contributed by atoms with Crippen LogP contribution in [0.2, 0.25) is 0 Å². The summed E-state index contributed by atoms with van der Waals surface area (Å²) in [6.07, 6.45) is 6.22. The smallest absolute Gasteiger partial charge is 0.179 e. The van der Waals surface area contributed by atoms with Gasteiger partial charge in [-0.1, -0.05) is 30.8 Å². The summed E-state index contributed by atoms with van der Waals surface area (Å²) in [6.45, 7) is 8.49. The second-order valence-electron chi connectivity index (χ2n) is 8.30. The van der Waals surface area contributed by atoms with Crippen molar-refractivity contribution in [3.63, 3.8) is 0 Å². The Kier molecular flexibility index (Phi) is 7.16. The first-order valence-corrected chi connectivity index (χ1v) is 10.7. The maximum absolute atomic E-state index is 9.37. The molecule has 0 spiro atoms. The van der Waals surface area contributed by atoms with Gasteiger partial charge in [0.25, 0.3) is 0 Å². The van der Waals surface area contributed by atoms with Gasteiger partial charge in [-0.05, 0) is 44.4 Å². The number of hydrogen-bond donors (Lipinski definition) is 4. The van der Waals surface area contributed by atoms with E-state index in [1.165, 1.54) is 6.20 Å². The van der Waals surface area contributed by atoms with E-state index in [0.717, 1.165) is 35.4 Å². The van der Waals surface area contributed by atoms with Crippen LogP contribution in [0.15, 0.2) is 66.1 Å². The monoisotopic (exact) mass is 430 g/mol. The Morgan fingerprint density at radius 2 is 2.03 bits per heavy atom. The van der Waals surface area contributed by atoms with Crippen molar-refractivity contribution >= 4 is 5.71 Å². The fourth-order valence-corrected chi connectivity index (χ4v) is 4.00. The number of piperidine rings is 1. The lowest BCUT2D eigenvalue weighted by Gasteiger charge is -2.35. The molecule has 2 aromatic rings. The van der Waals surface area contributed by atoms with Crippen LogP contribution < -0.4 is 11.1 Å².